The molecule has 0 spiro atoms. The fourth-order valence-electron chi connectivity index (χ4n) is 1.22. The van der Waals surface area contributed by atoms with E-state index in [-0.39, 0.29) is 5.82 Å². The molecule has 1 nitrogen and oxygen atoms in total. The van der Waals surface area contributed by atoms with E-state index in [0.717, 1.165) is 23.0 Å². The normalized spacial score (nSPS) is 10.6. The number of nitrogens with one attached hydrogen (secondary N) is 1. The molecule has 1 aromatic rings. The van der Waals surface area contributed by atoms with E-state index in [4.69, 9.17) is 0 Å². The van der Waals surface area contributed by atoms with Crippen molar-refractivity contribution < 1.29 is 4.39 Å². The minimum atomic E-state index is -0.141. The minimum Gasteiger partial charge on any atom is -0.319 e. The van der Waals surface area contributed by atoms with Crippen molar-refractivity contribution in [3.63, 3.8) is 0 Å². The van der Waals surface area contributed by atoms with E-state index in [1.54, 1.807) is 6.07 Å². The van der Waals surface area contributed by atoms with Gasteiger partial charge in [-0.25, -0.2) is 4.39 Å². The SMILES string of the molecule is CNCCc1cc(F)c(SC)c(Br)c1. The Hall–Kier alpha value is -0.0600. The molecular weight excluding hydrogens is 265 g/mol. The molecule has 1 N–H and O–H groups in total. The van der Waals surface area contributed by atoms with Crippen molar-refractivity contribution in [2.45, 2.75) is 11.3 Å². The molecule has 0 aliphatic heterocycles. The third-order valence-electron chi connectivity index (χ3n) is 1.93. The second kappa shape index (κ2) is 5.73. The van der Waals surface area contributed by atoms with E-state index in [0.29, 0.717) is 4.90 Å². The zero-order valence-corrected chi connectivity index (χ0v) is 10.6. The zero-order valence-electron chi connectivity index (χ0n) is 8.23. The van der Waals surface area contributed by atoms with Gasteiger partial charge < -0.3 is 5.32 Å². The van der Waals surface area contributed by atoms with Crippen molar-refractivity contribution in [3.8, 4) is 0 Å². The number of halogens is 2. The van der Waals surface area contributed by atoms with Gasteiger partial charge >= 0.3 is 0 Å². The molecule has 0 fully saturated rings. The minimum absolute atomic E-state index is 0.141. The molecule has 78 valence electrons. The summed E-state index contributed by atoms with van der Waals surface area (Å²) in [7, 11) is 1.89. The Morgan fingerprint density at radius 3 is 2.71 bits per heavy atom. The Morgan fingerprint density at radius 2 is 2.21 bits per heavy atom. The van der Waals surface area contributed by atoms with E-state index in [1.165, 1.54) is 11.8 Å². The fourth-order valence-corrected chi connectivity index (χ4v) is 2.70. The molecule has 0 aromatic heterocycles. The van der Waals surface area contributed by atoms with Crippen LogP contribution in [0.4, 0.5) is 4.39 Å². The van der Waals surface area contributed by atoms with Gasteiger partial charge in [0.1, 0.15) is 5.82 Å². The Balaban J connectivity index is 2.90. The molecule has 0 atom stereocenters. The summed E-state index contributed by atoms with van der Waals surface area (Å²) in [5.74, 6) is -0.141. The van der Waals surface area contributed by atoms with E-state index in [1.807, 2.05) is 19.4 Å². The summed E-state index contributed by atoms with van der Waals surface area (Å²) in [5.41, 5.74) is 1.02. The van der Waals surface area contributed by atoms with Crippen LogP contribution in [-0.4, -0.2) is 19.8 Å². The first-order valence-corrected chi connectivity index (χ1v) is 6.37. The van der Waals surface area contributed by atoms with Crippen molar-refractivity contribution in [2.24, 2.45) is 0 Å². The lowest BCUT2D eigenvalue weighted by molar-refractivity contribution is 0.597. The Morgan fingerprint density at radius 1 is 1.50 bits per heavy atom. The first kappa shape index (κ1) is 12.0. The van der Waals surface area contributed by atoms with Crippen molar-refractivity contribution in [1.82, 2.24) is 5.32 Å². The summed E-state index contributed by atoms with van der Waals surface area (Å²) >= 11 is 4.79. The van der Waals surface area contributed by atoms with Gasteiger partial charge in [0.15, 0.2) is 0 Å². The van der Waals surface area contributed by atoms with Crippen LogP contribution in [0.15, 0.2) is 21.5 Å². The lowest BCUT2D eigenvalue weighted by Gasteiger charge is -2.06. The molecule has 0 aliphatic carbocycles. The average Bonchev–Trinajstić information content (AvgIpc) is 2.14. The summed E-state index contributed by atoms with van der Waals surface area (Å²) < 4.78 is 14.3. The van der Waals surface area contributed by atoms with Crippen molar-refractivity contribution >= 4 is 27.7 Å². The van der Waals surface area contributed by atoms with Crippen LogP contribution in [-0.2, 0) is 6.42 Å². The lowest BCUT2D eigenvalue weighted by atomic mass is 10.1. The van der Waals surface area contributed by atoms with Crippen LogP contribution < -0.4 is 5.32 Å². The van der Waals surface area contributed by atoms with Gasteiger partial charge in [0.25, 0.3) is 0 Å². The Kier molecular flexibility index (Phi) is 4.92. The molecule has 0 amide bonds. The smallest absolute Gasteiger partial charge is 0.138 e. The zero-order chi connectivity index (χ0) is 10.6. The highest BCUT2D eigenvalue weighted by Gasteiger charge is 2.07. The summed E-state index contributed by atoms with van der Waals surface area (Å²) in [6.45, 7) is 0.866. The standard InChI is InChI=1S/C10H13BrFNS/c1-13-4-3-7-5-8(11)10(14-2)9(12)6-7/h5-6,13H,3-4H2,1-2H3. The lowest BCUT2D eigenvalue weighted by Crippen LogP contribution is -2.10. The molecule has 1 rings (SSSR count). The monoisotopic (exact) mass is 277 g/mol. The summed E-state index contributed by atoms with van der Waals surface area (Å²) in [6.07, 6.45) is 2.72. The topological polar surface area (TPSA) is 12.0 Å². The van der Waals surface area contributed by atoms with E-state index in [9.17, 15) is 4.39 Å². The van der Waals surface area contributed by atoms with E-state index >= 15 is 0 Å². The Bertz CT molecular complexity index is 294. The van der Waals surface area contributed by atoms with E-state index in [2.05, 4.69) is 21.2 Å². The highest BCUT2D eigenvalue weighted by molar-refractivity contribution is 9.10. The first-order valence-electron chi connectivity index (χ1n) is 4.35. The highest BCUT2D eigenvalue weighted by Crippen LogP contribution is 2.29. The number of thioether (sulfide) groups is 1. The maximum Gasteiger partial charge on any atom is 0.138 e. The molecule has 1 aromatic carbocycles. The number of likely N-dealkylation sites (N-methyl/N-ethyl adjacent to an activating group) is 1. The number of benzene rings is 1. The highest BCUT2D eigenvalue weighted by atomic mass is 79.9. The van der Waals surface area contributed by atoms with Crippen LogP contribution in [0.2, 0.25) is 0 Å². The summed E-state index contributed by atoms with van der Waals surface area (Å²) in [5, 5.41) is 3.04. The number of hydrogen-bond donors (Lipinski definition) is 1. The molecule has 0 aliphatic rings. The Labute approximate surface area is 96.6 Å². The molecule has 0 saturated carbocycles. The van der Waals surface area contributed by atoms with Gasteiger partial charge in [-0.1, -0.05) is 0 Å². The first-order chi connectivity index (χ1) is 6.69. The predicted molar refractivity (Wildman–Crippen MR) is 63.5 cm³/mol. The second-order valence-electron chi connectivity index (χ2n) is 2.95. The van der Waals surface area contributed by atoms with Crippen LogP contribution in [0.1, 0.15) is 5.56 Å². The van der Waals surface area contributed by atoms with Gasteiger partial charge in [0, 0.05) is 4.47 Å². The molecule has 0 unspecified atom stereocenters. The van der Waals surface area contributed by atoms with E-state index < -0.39 is 0 Å². The maximum atomic E-state index is 13.5. The average molecular weight is 278 g/mol. The van der Waals surface area contributed by atoms with Gasteiger partial charge in [0.2, 0.25) is 0 Å². The van der Waals surface area contributed by atoms with Crippen LogP contribution in [0.25, 0.3) is 0 Å². The second-order valence-corrected chi connectivity index (χ2v) is 4.62. The largest absolute Gasteiger partial charge is 0.319 e. The molecular formula is C10H13BrFNS. The van der Waals surface area contributed by atoms with Crippen LogP contribution in [0, 0.1) is 5.82 Å². The third-order valence-corrected chi connectivity index (χ3v) is 3.64. The molecule has 0 radical (unpaired) electrons. The van der Waals surface area contributed by atoms with Gasteiger partial charge in [-0.2, -0.15) is 0 Å². The third kappa shape index (κ3) is 2.97. The molecule has 14 heavy (non-hydrogen) atoms. The summed E-state index contributed by atoms with van der Waals surface area (Å²) in [6, 6.07) is 3.58. The van der Waals surface area contributed by atoms with Gasteiger partial charge in [-0.3, -0.25) is 0 Å². The number of hydrogen-bond acceptors (Lipinski definition) is 2. The maximum absolute atomic E-state index is 13.5. The molecule has 0 heterocycles. The molecule has 4 heteroatoms. The quantitative estimate of drug-likeness (QED) is 0.849. The predicted octanol–water partition coefficient (Wildman–Crippen LogP) is 3.07. The molecule has 0 bridgehead atoms. The van der Waals surface area contributed by atoms with Gasteiger partial charge in [-0.05, 0) is 59.9 Å². The van der Waals surface area contributed by atoms with Gasteiger partial charge in [0.05, 0.1) is 4.90 Å². The van der Waals surface area contributed by atoms with Crippen molar-refractivity contribution in [2.75, 3.05) is 19.8 Å². The van der Waals surface area contributed by atoms with Crippen molar-refractivity contribution in [3.05, 3.63) is 28.0 Å². The van der Waals surface area contributed by atoms with Gasteiger partial charge in [-0.15, -0.1) is 11.8 Å². The van der Waals surface area contributed by atoms with Crippen molar-refractivity contribution in [1.29, 1.82) is 0 Å². The summed E-state index contributed by atoms with van der Waals surface area (Å²) in [4.78, 5) is 0.679. The van der Waals surface area contributed by atoms with Crippen LogP contribution >= 0.6 is 27.7 Å². The fraction of sp³-hybridized carbons (Fsp3) is 0.400. The molecule has 0 saturated heterocycles. The van der Waals surface area contributed by atoms with Crippen LogP contribution in [0.5, 0.6) is 0 Å². The number of rotatable bonds is 4. The van der Waals surface area contributed by atoms with Crippen LogP contribution in [0.3, 0.4) is 0 Å².